The molecule has 3 aromatic rings. The lowest BCUT2D eigenvalue weighted by molar-refractivity contribution is -0.141. The van der Waals surface area contributed by atoms with E-state index in [4.69, 9.17) is 32.7 Å². The number of benzene rings is 3. The van der Waals surface area contributed by atoms with E-state index in [0.717, 1.165) is 16.7 Å². The van der Waals surface area contributed by atoms with Crippen molar-refractivity contribution in [3.8, 4) is 11.5 Å². The molecule has 6 nitrogen and oxygen atoms in total. The second-order valence-electron chi connectivity index (χ2n) is 10.1. The van der Waals surface area contributed by atoms with E-state index < -0.39 is 6.04 Å². The van der Waals surface area contributed by atoms with Gasteiger partial charge in [0.05, 0.1) is 0 Å². The summed E-state index contributed by atoms with van der Waals surface area (Å²) in [5.74, 6) is 1.34. The lowest BCUT2D eigenvalue weighted by Gasteiger charge is -2.32. The predicted octanol–water partition coefficient (Wildman–Crippen LogP) is 6.11. The van der Waals surface area contributed by atoms with Crippen LogP contribution in [0.2, 0.25) is 10.0 Å². The summed E-state index contributed by atoms with van der Waals surface area (Å²) in [6, 6.07) is 19.9. The van der Waals surface area contributed by atoms with Crippen molar-refractivity contribution in [2.75, 3.05) is 19.8 Å². The normalized spacial score (nSPS) is 13.2. The summed E-state index contributed by atoms with van der Waals surface area (Å²) in [6.07, 6.45) is 1.09. The fraction of sp³-hybridized carbons (Fsp3) is 0.355. The zero-order valence-corrected chi connectivity index (χ0v) is 23.8. The number of amides is 2. The van der Waals surface area contributed by atoms with Crippen LogP contribution in [-0.2, 0) is 29.0 Å². The molecule has 0 fully saturated rings. The highest BCUT2D eigenvalue weighted by Crippen LogP contribution is 2.31. The van der Waals surface area contributed by atoms with Gasteiger partial charge in [0.2, 0.25) is 11.8 Å². The molecule has 1 heterocycles. The fourth-order valence-corrected chi connectivity index (χ4v) is 4.92. The first kappa shape index (κ1) is 28.8. The lowest BCUT2D eigenvalue weighted by atomic mass is 10.0. The molecule has 1 aliphatic rings. The summed E-state index contributed by atoms with van der Waals surface area (Å²) in [5.41, 5.74) is 2.65. The molecule has 1 atom stereocenters. The molecule has 0 aromatic heterocycles. The molecule has 8 heteroatoms. The van der Waals surface area contributed by atoms with E-state index in [1.54, 1.807) is 23.1 Å². The second kappa shape index (κ2) is 13.7. The molecule has 0 saturated carbocycles. The number of carbonyl (C=O) groups excluding carboxylic acids is 2. The average Bonchev–Trinajstić information content (AvgIpc) is 2.93. The zero-order valence-electron chi connectivity index (χ0n) is 22.3. The van der Waals surface area contributed by atoms with Crippen LogP contribution in [0.3, 0.4) is 0 Å². The van der Waals surface area contributed by atoms with Crippen LogP contribution >= 0.6 is 23.2 Å². The van der Waals surface area contributed by atoms with Crippen molar-refractivity contribution in [1.29, 1.82) is 0 Å². The molecule has 4 rings (SSSR count). The molecular formula is C31H34Cl2N2O4. The van der Waals surface area contributed by atoms with Gasteiger partial charge < -0.3 is 19.7 Å². The maximum atomic E-state index is 13.9. The first-order valence-corrected chi connectivity index (χ1v) is 14.0. The summed E-state index contributed by atoms with van der Waals surface area (Å²) in [6.45, 7) is 5.80. The van der Waals surface area contributed by atoms with Gasteiger partial charge in [0.15, 0.2) is 11.5 Å². The van der Waals surface area contributed by atoms with E-state index in [2.05, 4.69) is 5.32 Å². The number of halogens is 2. The molecule has 1 N–H and O–H groups in total. The van der Waals surface area contributed by atoms with Crippen molar-refractivity contribution < 1.29 is 19.1 Å². The number of ether oxygens (including phenoxy) is 2. The Bertz CT molecular complexity index is 1280. The van der Waals surface area contributed by atoms with Crippen LogP contribution in [0.25, 0.3) is 0 Å². The average molecular weight is 570 g/mol. The Kier molecular flexibility index (Phi) is 10.1. The minimum absolute atomic E-state index is 0.142. The molecule has 0 aliphatic carbocycles. The Morgan fingerprint density at radius 1 is 0.923 bits per heavy atom. The highest BCUT2D eigenvalue weighted by Gasteiger charge is 2.31. The van der Waals surface area contributed by atoms with Crippen molar-refractivity contribution in [3.63, 3.8) is 0 Å². The van der Waals surface area contributed by atoms with E-state index in [9.17, 15) is 9.59 Å². The highest BCUT2D eigenvalue weighted by atomic mass is 35.5. The molecule has 3 aromatic carbocycles. The molecule has 0 saturated heterocycles. The Labute approximate surface area is 240 Å². The van der Waals surface area contributed by atoms with E-state index in [-0.39, 0.29) is 30.7 Å². The van der Waals surface area contributed by atoms with Gasteiger partial charge in [-0.25, -0.2) is 0 Å². The minimum Gasteiger partial charge on any atom is -0.486 e. The number of fused-ring (bicyclic) bond motifs is 1. The summed E-state index contributed by atoms with van der Waals surface area (Å²) in [7, 11) is 0. The SMILES string of the molecule is CC(C)CNC(=O)[C@H](Cc1ccccc1)N(Cc1ccc(Cl)cc1Cl)C(=O)CCc1ccc2c(c1)OCCO2. The van der Waals surface area contributed by atoms with Gasteiger partial charge in [-0.05, 0) is 53.3 Å². The number of nitrogens with one attached hydrogen (secondary N) is 1. The van der Waals surface area contributed by atoms with Gasteiger partial charge in [0.1, 0.15) is 19.3 Å². The second-order valence-corrected chi connectivity index (χ2v) is 10.9. The predicted molar refractivity (Wildman–Crippen MR) is 155 cm³/mol. The first-order chi connectivity index (χ1) is 18.8. The van der Waals surface area contributed by atoms with Crippen LogP contribution in [0.15, 0.2) is 66.7 Å². The Hall–Kier alpha value is -3.22. The van der Waals surface area contributed by atoms with Crippen molar-refractivity contribution in [3.05, 3.63) is 93.5 Å². The highest BCUT2D eigenvalue weighted by molar-refractivity contribution is 6.35. The van der Waals surface area contributed by atoms with Crippen LogP contribution in [0.5, 0.6) is 11.5 Å². The topological polar surface area (TPSA) is 67.9 Å². The Balaban J connectivity index is 1.61. The van der Waals surface area contributed by atoms with Crippen molar-refractivity contribution >= 4 is 35.0 Å². The minimum atomic E-state index is -0.717. The van der Waals surface area contributed by atoms with Gasteiger partial charge in [-0.2, -0.15) is 0 Å². The van der Waals surface area contributed by atoms with Crippen LogP contribution in [0.4, 0.5) is 0 Å². The molecule has 0 bridgehead atoms. The number of carbonyl (C=O) groups is 2. The third-order valence-corrected chi connectivity index (χ3v) is 7.13. The number of hydrogen-bond donors (Lipinski definition) is 1. The van der Waals surface area contributed by atoms with Gasteiger partial charge in [0.25, 0.3) is 0 Å². The van der Waals surface area contributed by atoms with Gasteiger partial charge in [-0.3, -0.25) is 9.59 Å². The largest absolute Gasteiger partial charge is 0.486 e. The summed E-state index contributed by atoms with van der Waals surface area (Å²) in [4.78, 5) is 29.1. The third kappa shape index (κ3) is 8.13. The summed E-state index contributed by atoms with van der Waals surface area (Å²) >= 11 is 12.6. The van der Waals surface area contributed by atoms with Crippen molar-refractivity contribution in [2.24, 2.45) is 5.92 Å². The number of aryl methyl sites for hydroxylation is 1. The fourth-order valence-electron chi connectivity index (χ4n) is 4.45. The molecule has 2 amide bonds. The number of nitrogens with zero attached hydrogens (tertiary/aromatic N) is 1. The van der Waals surface area contributed by atoms with Crippen molar-refractivity contribution in [1.82, 2.24) is 10.2 Å². The standard InChI is InChI=1S/C31H34Cl2N2O4/c1-21(2)19-34-31(37)27(16-22-6-4-3-5-7-22)35(20-24-10-11-25(32)18-26(24)33)30(36)13-9-23-8-12-28-29(17-23)39-15-14-38-28/h3-8,10-12,17-18,21,27H,9,13-16,19-20H2,1-2H3,(H,34,37)/t27-/m0/s1. The van der Waals surface area contributed by atoms with Crippen molar-refractivity contribution in [2.45, 2.75) is 45.7 Å². The Morgan fingerprint density at radius 3 is 2.38 bits per heavy atom. The monoisotopic (exact) mass is 568 g/mol. The molecule has 0 unspecified atom stereocenters. The smallest absolute Gasteiger partial charge is 0.243 e. The molecule has 206 valence electrons. The third-order valence-electron chi connectivity index (χ3n) is 6.55. The Morgan fingerprint density at radius 2 is 1.67 bits per heavy atom. The van der Waals surface area contributed by atoms with E-state index in [1.165, 1.54) is 0 Å². The van der Waals surface area contributed by atoms with E-state index >= 15 is 0 Å². The van der Waals surface area contributed by atoms with E-state index in [1.807, 2.05) is 62.4 Å². The van der Waals surface area contributed by atoms with Gasteiger partial charge in [-0.1, -0.05) is 79.5 Å². The molecule has 0 radical (unpaired) electrons. The van der Waals surface area contributed by atoms with Crippen LogP contribution in [0.1, 0.15) is 37.0 Å². The maximum absolute atomic E-state index is 13.9. The molecule has 1 aliphatic heterocycles. The molecule has 39 heavy (non-hydrogen) atoms. The van der Waals surface area contributed by atoms with Crippen LogP contribution in [-0.4, -0.2) is 42.5 Å². The maximum Gasteiger partial charge on any atom is 0.243 e. The lowest BCUT2D eigenvalue weighted by Crippen LogP contribution is -2.51. The summed E-state index contributed by atoms with van der Waals surface area (Å²) < 4.78 is 11.3. The van der Waals surface area contributed by atoms with Crippen LogP contribution < -0.4 is 14.8 Å². The van der Waals surface area contributed by atoms with Gasteiger partial charge in [-0.15, -0.1) is 0 Å². The summed E-state index contributed by atoms with van der Waals surface area (Å²) in [5, 5.41) is 4.00. The van der Waals surface area contributed by atoms with Gasteiger partial charge >= 0.3 is 0 Å². The quantitative estimate of drug-likeness (QED) is 0.303. The first-order valence-electron chi connectivity index (χ1n) is 13.2. The molecule has 0 spiro atoms. The van der Waals surface area contributed by atoms with E-state index in [0.29, 0.717) is 54.1 Å². The molecular weight excluding hydrogens is 535 g/mol. The van der Waals surface area contributed by atoms with Gasteiger partial charge in [0, 0.05) is 36.0 Å². The van der Waals surface area contributed by atoms with Crippen LogP contribution in [0, 0.1) is 5.92 Å². The number of rotatable bonds is 11. The number of hydrogen-bond acceptors (Lipinski definition) is 4. The zero-order chi connectivity index (χ0) is 27.8.